The summed E-state index contributed by atoms with van der Waals surface area (Å²) in [5, 5.41) is 3.99. The molecule has 2 rings (SSSR count). The third kappa shape index (κ3) is 2.71. The maximum absolute atomic E-state index is 12.1. The number of carbonyl (C=O) groups is 1. The Kier molecular flexibility index (Phi) is 3.39. The molecule has 0 aliphatic carbocycles. The molecule has 1 aromatic carbocycles. The standard InChI is InChI=1S/C14H18N2O2/c1-14(2,9-18-3)16-13(17)11-4-5-12-10(8-11)6-7-15-12/h4-8,15H,9H2,1-3H3,(H,16,17). The molecule has 4 heteroatoms. The van der Waals surface area contributed by atoms with Gasteiger partial charge in [-0.3, -0.25) is 4.79 Å². The Morgan fingerprint density at radius 2 is 2.17 bits per heavy atom. The lowest BCUT2D eigenvalue weighted by Gasteiger charge is -2.25. The SMILES string of the molecule is COCC(C)(C)NC(=O)c1ccc2[nH]ccc2c1. The number of nitrogens with one attached hydrogen (secondary N) is 2. The Labute approximate surface area is 106 Å². The van der Waals surface area contributed by atoms with Crippen LogP contribution >= 0.6 is 0 Å². The number of benzene rings is 1. The van der Waals surface area contributed by atoms with Crippen molar-refractivity contribution < 1.29 is 9.53 Å². The molecule has 18 heavy (non-hydrogen) atoms. The summed E-state index contributed by atoms with van der Waals surface area (Å²) >= 11 is 0. The van der Waals surface area contributed by atoms with E-state index in [1.54, 1.807) is 7.11 Å². The van der Waals surface area contributed by atoms with Gasteiger partial charge < -0.3 is 15.0 Å². The lowest BCUT2D eigenvalue weighted by Crippen LogP contribution is -2.46. The molecule has 2 N–H and O–H groups in total. The zero-order chi connectivity index (χ0) is 13.2. The van der Waals surface area contributed by atoms with Crippen molar-refractivity contribution in [3.63, 3.8) is 0 Å². The second-order valence-electron chi connectivity index (χ2n) is 5.05. The van der Waals surface area contributed by atoms with E-state index in [1.165, 1.54) is 0 Å². The van der Waals surface area contributed by atoms with Gasteiger partial charge in [-0.25, -0.2) is 0 Å². The molecule has 1 heterocycles. The topological polar surface area (TPSA) is 54.1 Å². The van der Waals surface area contributed by atoms with Gasteiger partial charge in [0, 0.05) is 29.8 Å². The minimum absolute atomic E-state index is 0.0832. The molecule has 0 unspecified atom stereocenters. The molecule has 1 amide bonds. The van der Waals surface area contributed by atoms with E-state index in [0.29, 0.717) is 12.2 Å². The van der Waals surface area contributed by atoms with Crippen molar-refractivity contribution >= 4 is 16.8 Å². The fourth-order valence-corrected chi connectivity index (χ4v) is 1.97. The molecule has 0 bridgehead atoms. The molecule has 4 nitrogen and oxygen atoms in total. The average Bonchev–Trinajstić information content (AvgIpc) is 2.74. The fourth-order valence-electron chi connectivity index (χ4n) is 1.97. The molecule has 0 radical (unpaired) electrons. The quantitative estimate of drug-likeness (QED) is 0.870. The number of methoxy groups -OCH3 is 1. The molecule has 0 aliphatic rings. The summed E-state index contributed by atoms with van der Waals surface area (Å²) < 4.78 is 5.08. The molecule has 0 atom stereocenters. The Bertz CT molecular complexity index is 558. The molecule has 0 fully saturated rings. The third-order valence-corrected chi connectivity index (χ3v) is 2.77. The summed E-state index contributed by atoms with van der Waals surface area (Å²) in [6.07, 6.45) is 1.86. The van der Waals surface area contributed by atoms with Crippen molar-refractivity contribution in [3.8, 4) is 0 Å². The number of hydrogen-bond acceptors (Lipinski definition) is 2. The fraction of sp³-hybridized carbons (Fsp3) is 0.357. The van der Waals surface area contributed by atoms with Crippen molar-refractivity contribution in [2.45, 2.75) is 19.4 Å². The molecule has 0 saturated carbocycles. The summed E-state index contributed by atoms with van der Waals surface area (Å²) in [6, 6.07) is 7.56. The van der Waals surface area contributed by atoms with Crippen molar-refractivity contribution in [2.75, 3.05) is 13.7 Å². The molecular weight excluding hydrogens is 228 g/mol. The van der Waals surface area contributed by atoms with E-state index in [9.17, 15) is 4.79 Å². The number of hydrogen-bond donors (Lipinski definition) is 2. The first kappa shape index (κ1) is 12.6. The minimum Gasteiger partial charge on any atom is -0.382 e. The smallest absolute Gasteiger partial charge is 0.251 e. The number of carbonyl (C=O) groups excluding carboxylic acids is 1. The highest BCUT2D eigenvalue weighted by atomic mass is 16.5. The third-order valence-electron chi connectivity index (χ3n) is 2.77. The van der Waals surface area contributed by atoms with Gasteiger partial charge in [-0.2, -0.15) is 0 Å². The van der Waals surface area contributed by atoms with Gasteiger partial charge in [-0.05, 0) is 38.1 Å². The number of amides is 1. The van der Waals surface area contributed by atoms with E-state index in [4.69, 9.17) is 4.74 Å². The van der Waals surface area contributed by atoms with Gasteiger partial charge in [-0.15, -0.1) is 0 Å². The number of rotatable bonds is 4. The van der Waals surface area contributed by atoms with Gasteiger partial charge in [0.2, 0.25) is 0 Å². The number of ether oxygens (including phenoxy) is 1. The lowest BCUT2D eigenvalue weighted by atomic mass is 10.1. The lowest BCUT2D eigenvalue weighted by molar-refractivity contribution is 0.0820. The van der Waals surface area contributed by atoms with Gasteiger partial charge >= 0.3 is 0 Å². The van der Waals surface area contributed by atoms with Crippen LogP contribution in [0.15, 0.2) is 30.5 Å². The highest BCUT2D eigenvalue weighted by molar-refractivity contribution is 5.98. The molecule has 1 aromatic heterocycles. The van der Waals surface area contributed by atoms with Crippen LogP contribution in [0.4, 0.5) is 0 Å². The Morgan fingerprint density at radius 1 is 1.39 bits per heavy atom. The largest absolute Gasteiger partial charge is 0.382 e. The highest BCUT2D eigenvalue weighted by Crippen LogP contribution is 2.15. The summed E-state index contributed by atoms with van der Waals surface area (Å²) in [5.74, 6) is -0.0832. The maximum Gasteiger partial charge on any atom is 0.251 e. The van der Waals surface area contributed by atoms with Crippen LogP contribution in [0.1, 0.15) is 24.2 Å². The summed E-state index contributed by atoms with van der Waals surface area (Å²) in [7, 11) is 1.62. The van der Waals surface area contributed by atoms with Crippen LogP contribution in [-0.2, 0) is 4.74 Å². The van der Waals surface area contributed by atoms with E-state index >= 15 is 0 Å². The molecule has 96 valence electrons. The zero-order valence-corrected chi connectivity index (χ0v) is 10.9. The predicted molar refractivity (Wildman–Crippen MR) is 71.7 cm³/mol. The number of H-pyrrole nitrogens is 1. The van der Waals surface area contributed by atoms with Gasteiger partial charge in [0.05, 0.1) is 12.1 Å². The van der Waals surface area contributed by atoms with E-state index in [-0.39, 0.29) is 11.4 Å². The van der Waals surface area contributed by atoms with E-state index in [0.717, 1.165) is 10.9 Å². The maximum atomic E-state index is 12.1. The van der Waals surface area contributed by atoms with E-state index < -0.39 is 0 Å². The van der Waals surface area contributed by atoms with Crippen molar-refractivity contribution in [1.29, 1.82) is 0 Å². The van der Waals surface area contributed by atoms with E-state index in [2.05, 4.69) is 10.3 Å². The molecule has 0 saturated heterocycles. The second kappa shape index (κ2) is 4.82. The molecule has 2 aromatic rings. The first-order valence-corrected chi connectivity index (χ1v) is 5.90. The van der Waals surface area contributed by atoms with Crippen LogP contribution in [0.5, 0.6) is 0 Å². The number of fused-ring (bicyclic) bond motifs is 1. The van der Waals surface area contributed by atoms with Crippen LogP contribution in [-0.4, -0.2) is 30.1 Å². The average molecular weight is 246 g/mol. The summed E-state index contributed by atoms with van der Waals surface area (Å²) in [4.78, 5) is 15.2. The second-order valence-corrected chi connectivity index (χ2v) is 5.05. The number of aromatic nitrogens is 1. The van der Waals surface area contributed by atoms with Crippen LogP contribution < -0.4 is 5.32 Å². The Hall–Kier alpha value is -1.81. The molecule has 0 spiro atoms. The summed E-state index contributed by atoms with van der Waals surface area (Å²) in [5.41, 5.74) is 1.31. The molecule has 0 aliphatic heterocycles. The first-order chi connectivity index (χ1) is 8.52. The monoisotopic (exact) mass is 246 g/mol. The van der Waals surface area contributed by atoms with Gasteiger partial charge in [-0.1, -0.05) is 0 Å². The predicted octanol–water partition coefficient (Wildman–Crippen LogP) is 2.32. The van der Waals surface area contributed by atoms with Crippen LogP contribution in [0.2, 0.25) is 0 Å². The van der Waals surface area contributed by atoms with Crippen molar-refractivity contribution in [2.24, 2.45) is 0 Å². The molecular formula is C14H18N2O2. The number of aromatic amines is 1. The van der Waals surface area contributed by atoms with E-state index in [1.807, 2.05) is 44.3 Å². The van der Waals surface area contributed by atoms with Gasteiger partial charge in [0.25, 0.3) is 5.91 Å². The highest BCUT2D eigenvalue weighted by Gasteiger charge is 2.21. The van der Waals surface area contributed by atoms with Gasteiger partial charge in [0.15, 0.2) is 0 Å². The van der Waals surface area contributed by atoms with Crippen LogP contribution in [0, 0.1) is 0 Å². The zero-order valence-electron chi connectivity index (χ0n) is 10.9. The Morgan fingerprint density at radius 3 is 2.89 bits per heavy atom. The first-order valence-electron chi connectivity index (χ1n) is 5.90. The minimum atomic E-state index is -0.376. The van der Waals surface area contributed by atoms with Crippen LogP contribution in [0.3, 0.4) is 0 Å². The van der Waals surface area contributed by atoms with Crippen LogP contribution in [0.25, 0.3) is 10.9 Å². The van der Waals surface area contributed by atoms with Crippen molar-refractivity contribution in [3.05, 3.63) is 36.0 Å². The Balaban J connectivity index is 2.17. The summed E-state index contributed by atoms with van der Waals surface area (Å²) in [6.45, 7) is 4.34. The normalized spacial score (nSPS) is 11.7. The van der Waals surface area contributed by atoms with Crippen molar-refractivity contribution in [1.82, 2.24) is 10.3 Å². The van der Waals surface area contributed by atoms with Gasteiger partial charge in [0.1, 0.15) is 0 Å².